The lowest BCUT2D eigenvalue weighted by molar-refractivity contribution is -0.180. The number of esters is 2. The first-order valence-corrected chi connectivity index (χ1v) is 8.09. The zero-order chi connectivity index (χ0) is 16.8. The summed E-state index contributed by atoms with van der Waals surface area (Å²) in [5.41, 5.74) is -0.256. The number of hydrogen-bond donors (Lipinski definition) is 0. The summed E-state index contributed by atoms with van der Waals surface area (Å²) in [6.45, 7) is 11.8. The third-order valence-corrected chi connectivity index (χ3v) is 4.95. The van der Waals surface area contributed by atoms with E-state index in [1.54, 1.807) is 0 Å². The molecule has 1 aliphatic carbocycles. The zero-order valence-electron chi connectivity index (χ0n) is 14.6. The van der Waals surface area contributed by atoms with E-state index in [-0.39, 0.29) is 23.5 Å². The van der Waals surface area contributed by atoms with E-state index in [0.717, 1.165) is 12.0 Å². The normalized spacial score (nSPS) is 32.5. The highest BCUT2D eigenvalue weighted by atomic mass is 16.6. The molecule has 0 amide bonds. The number of rotatable bonds is 3. The molecule has 124 valence electrons. The molecule has 0 bridgehead atoms. The second-order valence-corrected chi connectivity index (χ2v) is 8.12. The van der Waals surface area contributed by atoms with Crippen molar-refractivity contribution in [2.24, 2.45) is 10.8 Å². The van der Waals surface area contributed by atoms with Crippen molar-refractivity contribution in [1.29, 1.82) is 0 Å². The van der Waals surface area contributed by atoms with Gasteiger partial charge in [-0.2, -0.15) is 0 Å². The van der Waals surface area contributed by atoms with Crippen LogP contribution in [0.3, 0.4) is 0 Å². The SMILES string of the molecule is CC(C)=CC1(C(=O)OC2CCCC(=O)OC2(C)C)CC1(C)C. The van der Waals surface area contributed by atoms with Gasteiger partial charge in [0.05, 0.1) is 5.41 Å². The molecule has 1 heterocycles. The Balaban J connectivity index is 2.17. The van der Waals surface area contributed by atoms with Gasteiger partial charge in [0, 0.05) is 6.42 Å². The third-order valence-electron chi connectivity index (χ3n) is 4.95. The molecule has 1 saturated heterocycles. The number of hydrogen-bond acceptors (Lipinski definition) is 4. The van der Waals surface area contributed by atoms with Crippen LogP contribution in [0.5, 0.6) is 0 Å². The van der Waals surface area contributed by atoms with Crippen LogP contribution in [0.1, 0.15) is 67.2 Å². The molecule has 2 rings (SSSR count). The Kier molecular flexibility index (Phi) is 4.18. The Morgan fingerprint density at radius 1 is 1.27 bits per heavy atom. The van der Waals surface area contributed by atoms with Crippen LogP contribution < -0.4 is 0 Å². The van der Waals surface area contributed by atoms with E-state index in [9.17, 15) is 9.59 Å². The van der Waals surface area contributed by atoms with Gasteiger partial charge in [-0.05, 0) is 52.4 Å². The Bertz CT molecular complexity index is 511. The van der Waals surface area contributed by atoms with E-state index in [1.165, 1.54) is 0 Å². The molecule has 4 nitrogen and oxygen atoms in total. The van der Waals surface area contributed by atoms with Crippen molar-refractivity contribution < 1.29 is 19.1 Å². The first kappa shape index (κ1) is 17.0. The number of carbonyl (C=O) groups is 2. The van der Waals surface area contributed by atoms with Crippen molar-refractivity contribution in [3.05, 3.63) is 11.6 Å². The van der Waals surface area contributed by atoms with Crippen LogP contribution in [-0.2, 0) is 19.1 Å². The molecule has 0 aromatic heterocycles. The summed E-state index contributed by atoms with van der Waals surface area (Å²) < 4.78 is 11.3. The lowest BCUT2D eigenvalue weighted by atomic mass is 9.92. The molecule has 1 aliphatic heterocycles. The summed E-state index contributed by atoms with van der Waals surface area (Å²) >= 11 is 0. The predicted molar refractivity (Wildman–Crippen MR) is 84.2 cm³/mol. The van der Waals surface area contributed by atoms with Crippen LogP contribution in [0, 0.1) is 10.8 Å². The molecule has 0 spiro atoms. The van der Waals surface area contributed by atoms with Crippen LogP contribution in [0.4, 0.5) is 0 Å². The van der Waals surface area contributed by atoms with E-state index in [2.05, 4.69) is 13.8 Å². The Morgan fingerprint density at radius 2 is 1.86 bits per heavy atom. The Morgan fingerprint density at radius 3 is 2.36 bits per heavy atom. The summed E-state index contributed by atoms with van der Waals surface area (Å²) in [4.78, 5) is 24.4. The van der Waals surface area contributed by atoms with E-state index in [4.69, 9.17) is 9.47 Å². The van der Waals surface area contributed by atoms with Crippen LogP contribution in [0.25, 0.3) is 0 Å². The number of allylic oxidation sites excluding steroid dienone is 1. The highest BCUT2D eigenvalue weighted by Crippen LogP contribution is 2.65. The average Bonchev–Trinajstić information content (AvgIpc) is 2.91. The predicted octanol–water partition coefficient (Wildman–Crippen LogP) is 3.79. The van der Waals surface area contributed by atoms with Crippen molar-refractivity contribution in [3.8, 4) is 0 Å². The van der Waals surface area contributed by atoms with Gasteiger partial charge in [0.15, 0.2) is 0 Å². The van der Waals surface area contributed by atoms with Gasteiger partial charge in [-0.1, -0.05) is 25.5 Å². The van der Waals surface area contributed by atoms with Crippen molar-refractivity contribution in [2.75, 3.05) is 0 Å². The van der Waals surface area contributed by atoms with E-state index in [0.29, 0.717) is 19.3 Å². The number of ether oxygens (including phenoxy) is 2. The monoisotopic (exact) mass is 308 g/mol. The maximum absolute atomic E-state index is 12.8. The molecular formula is C18H28O4. The van der Waals surface area contributed by atoms with Gasteiger partial charge < -0.3 is 9.47 Å². The van der Waals surface area contributed by atoms with Gasteiger partial charge in [-0.15, -0.1) is 0 Å². The third kappa shape index (κ3) is 3.06. The summed E-state index contributed by atoms with van der Waals surface area (Å²) in [6.07, 6.45) is 4.20. The number of carbonyl (C=O) groups excluding carboxylic acids is 2. The fraction of sp³-hybridized carbons (Fsp3) is 0.778. The van der Waals surface area contributed by atoms with Gasteiger partial charge in [0.2, 0.25) is 0 Å². The molecular weight excluding hydrogens is 280 g/mol. The second kappa shape index (κ2) is 5.39. The summed E-state index contributed by atoms with van der Waals surface area (Å²) in [5, 5.41) is 0. The molecule has 1 saturated carbocycles. The zero-order valence-corrected chi connectivity index (χ0v) is 14.6. The van der Waals surface area contributed by atoms with Crippen LogP contribution in [0.15, 0.2) is 11.6 Å². The van der Waals surface area contributed by atoms with Crippen molar-refractivity contribution in [2.45, 2.75) is 78.9 Å². The fourth-order valence-electron chi connectivity index (χ4n) is 3.42. The molecule has 2 atom stereocenters. The van der Waals surface area contributed by atoms with Gasteiger partial charge in [0.25, 0.3) is 0 Å². The fourth-order valence-corrected chi connectivity index (χ4v) is 3.42. The minimum atomic E-state index is -0.769. The van der Waals surface area contributed by atoms with Crippen molar-refractivity contribution >= 4 is 11.9 Å². The molecule has 0 N–H and O–H groups in total. The lowest BCUT2D eigenvalue weighted by Crippen LogP contribution is -2.43. The van der Waals surface area contributed by atoms with Crippen molar-refractivity contribution in [1.82, 2.24) is 0 Å². The molecule has 0 radical (unpaired) electrons. The average molecular weight is 308 g/mol. The lowest BCUT2D eigenvalue weighted by Gasteiger charge is -2.32. The van der Waals surface area contributed by atoms with E-state index in [1.807, 2.05) is 33.8 Å². The van der Waals surface area contributed by atoms with Gasteiger partial charge in [0.1, 0.15) is 11.7 Å². The summed E-state index contributed by atoms with van der Waals surface area (Å²) in [7, 11) is 0. The highest BCUT2D eigenvalue weighted by molar-refractivity contribution is 5.84. The largest absolute Gasteiger partial charge is 0.457 e. The van der Waals surface area contributed by atoms with Crippen molar-refractivity contribution in [3.63, 3.8) is 0 Å². The van der Waals surface area contributed by atoms with Gasteiger partial charge >= 0.3 is 11.9 Å². The molecule has 0 aromatic rings. The molecule has 0 aromatic carbocycles. The van der Waals surface area contributed by atoms with Crippen LogP contribution in [0.2, 0.25) is 0 Å². The summed E-state index contributed by atoms with van der Waals surface area (Å²) in [6, 6.07) is 0. The van der Waals surface area contributed by atoms with Crippen LogP contribution in [-0.4, -0.2) is 23.6 Å². The molecule has 22 heavy (non-hydrogen) atoms. The molecule has 4 heteroatoms. The second-order valence-electron chi connectivity index (χ2n) is 8.12. The molecule has 2 fully saturated rings. The van der Waals surface area contributed by atoms with E-state index >= 15 is 0 Å². The minimum Gasteiger partial charge on any atom is -0.457 e. The van der Waals surface area contributed by atoms with Gasteiger partial charge in [-0.3, -0.25) is 9.59 Å². The smallest absolute Gasteiger partial charge is 0.316 e. The summed E-state index contributed by atoms with van der Waals surface area (Å²) in [5.74, 6) is -0.399. The topological polar surface area (TPSA) is 52.6 Å². The maximum Gasteiger partial charge on any atom is 0.316 e. The maximum atomic E-state index is 12.8. The van der Waals surface area contributed by atoms with E-state index < -0.39 is 11.0 Å². The highest BCUT2D eigenvalue weighted by Gasteiger charge is 2.66. The quantitative estimate of drug-likeness (QED) is 0.588. The Labute approximate surface area is 133 Å². The first-order valence-electron chi connectivity index (χ1n) is 8.09. The van der Waals surface area contributed by atoms with Gasteiger partial charge in [-0.25, -0.2) is 0 Å². The van der Waals surface area contributed by atoms with Crippen LogP contribution >= 0.6 is 0 Å². The minimum absolute atomic E-state index is 0.0765. The Hall–Kier alpha value is -1.32. The standard InChI is InChI=1S/C18H28O4/c1-12(2)10-18(11-16(18,3)4)15(20)21-13-8-7-9-14(19)22-17(13,5)6/h10,13H,7-9,11H2,1-6H3. The first-order chi connectivity index (χ1) is 10.0. The number of cyclic esters (lactones) is 1. The molecule has 2 aliphatic rings. The molecule has 2 unspecified atom stereocenters.